The molecular weight excluding hydrogens is 230 g/mol. The first kappa shape index (κ1) is 12.2. The minimum absolute atomic E-state index is 0.303. The van der Waals surface area contributed by atoms with Gasteiger partial charge in [0, 0.05) is 27.3 Å². The fraction of sp³-hybridized carbons (Fsp3) is 0.231. The maximum absolute atomic E-state index is 12.2. The van der Waals surface area contributed by atoms with Gasteiger partial charge < -0.3 is 4.90 Å². The second-order valence-electron chi connectivity index (χ2n) is 4.30. The summed E-state index contributed by atoms with van der Waals surface area (Å²) in [5.41, 5.74) is 0.954. The van der Waals surface area contributed by atoms with Crippen molar-refractivity contribution in [3.63, 3.8) is 0 Å². The Morgan fingerprint density at radius 1 is 1.11 bits per heavy atom. The molecule has 3 amide bonds. The second kappa shape index (κ2) is 4.52. The largest absolute Gasteiger partial charge is 0.382 e. The molecule has 0 N–H and O–H groups in total. The van der Waals surface area contributed by atoms with Crippen molar-refractivity contribution < 1.29 is 9.59 Å². The van der Waals surface area contributed by atoms with E-state index in [-0.39, 0.29) is 11.9 Å². The van der Waals surface area contributed by atoms with Crippen LogP contribution in [0.1, 0.15) is 0 Å². The molecule has 94 valence electrons. The van der Waals surface area contributed by atoms with Crippen molar-refractivity contribution in [3.8, 4) is 0 Å². The molecular formula is C13H15N3O2. The van der Waals surface area contributed by atoms with E-state index in [1.807, 2.05) is 20.2 Å². The molecule has 0 aliphatic carbocycles. The van der Waals surface area contributed by atoms with Gasteiger partial charge in [-0.05, 0) is 12.1 Å². The lowest BCUT2D eigenvalue weighted by molar-refractivity contribution is -0.114. The monoisotopic (exact) mass is 245 g/mol. The number of nitrogens with zero attached hydrogens (tertiary/aromatic N) is 3. The molecule has 0 unspecified atom stereocenters. The number of para-hydroxylation sites is 1. The van der Waals surface area contributed by atoms with Gasteiger partial charge in [-0.1, -0.05) is 18.2 Å². The summed E-state index contributed by atoms with van der Waals surface area (Å²) in [5, 5.41) is 0. The first-order chi connectivity index (χ1) is 8.52. The van der Waals surface area contributed by atoms with Gasteiger partial charge in [-0.2, -0.15) is 0 Å². The van der Waals surface area contributed by atoms with Gasteiger partial charge in [0.2, 0.25) is 0 Å². The molecule has 1 aliphatic rings. The molecule has 18 heavy (non-hydrogen) atoms. The van der Waals surface area contributed by atoms with E-state index in [1.54, 1.807) is 42.4 Å². The first-order valence-corrected chi connectivity index (χ1v) is 5.58. The predicted octanol–water partition coefficient (Wildman–Crippen LogP) is 1.49. The van der Waals surface area contributed by atoms with Crippen LogP contribution in [-0.2, 0) is 4.79 Å². The molecule has 0 radical (unpaired) electrons. The Hall–Kier alpha value is -2.30. The van der Waals surface area contributed by atoms with Crippen molar-refractivity contribution in [2.45, 2.75) is 0 Å². The van der Waals surface area contributed by atoms with E-state index in [0.717, 1.165) is 0 Å². The average molecular weight is 245 g/mol. The minimum atomic E-state index is -0.334. The third-order valence-corrected chi connectivity index (χ3v) is 2.66. The summed E-state index contributed by atoms with van der Waals surface area (Å²) in [5.74, 6) is -0.303. The lowest BCUT2D eigenvalue weighted by Gasteiger charge is -2.12. The lowest BCUT2D eigenvalue weighted by atomic mass is 10.3. The maximum atomic E-state index is 12.2. The van der Waals surface area contributed by atoms with Gasteiger partial charge in [0.05, 0.1) is 5.69 Å². The van der Waals surface area contributed by atoms with E-state index in [9.17, 15) is 9.59 Å². The van der Waals surface area contributed by atoms with Crippen molar-refractivity contribution in [1.82, 2.24) is 9.80 Å². The van der Waals surface area contributed by atoms with E-state index in [4.69, 9.17) is 0 Å². The number of hydrogen-bond acceptors (Lipinski definition) is 3. The summed E-state index contributed by atoms with van der Waals surface area (Å²) >= 11 is 0. The second-order valence-corrected chi connectivity index (χ2v) is 4.30. The van der Waals surface area contributed by atoms with Gasteiger partial charge in [0.25, 0.3) is 5.91 Å². The number of rotatable bonds is 2. The number of urea groups is 1. The molecule has 0 bridgehead atoms. The molecule has 1 aliphatic heterocycles. The number of anilines is 1. The number of hydrogen-bond donors (Lipinski definition) is 0. The smallest absolute Gasteiger partial charge is 0.336 e. The van der Waals surface area contributed by atoms with Crippen LogP contribution < -0.4 is 4.90 Å². The van der Waals surface area contributed by atoms with Crippen LogP contribution >= 0.6 is 0 Å². The summed E-state index contributed by atoms with van der Waals surface area (Å²) in [6, 6.07) is 8.58. The molecule has 0 atom stereocenters. The molecule has 0 saturated carbocycles. The molecule has 1 aromatic rings. The number of benzene rings is 1. The van der Waals surface area contributed by atoms with Crippen molar-refractivity contribution >= 4 is 17.6 Å². The fourth-order valence-electron chi connectivity index (χ4n) is 1.79. The van der Waals surface area contributed by atoms with Crippen molar-refractivity contribution in [3.05, 3.63) is 42.2 Å². The summed E-state index contributed by atoms with van der Waals surface area (Å²) in [6.45, 7) is 0. The van der Waals surface area contributed by atoms with Crippen LogP contribution in [0.4, 0.5) is 10.5 Å². The van der Waals surface area contributed by atoms with Gasteiger partial charge in [0.15, 0.2) is 0 Å². The lowest BCUT2D eigenvalue weighted by Crippen LogP contribution is -2.31. The molecule has 1 aromatic carbocycles. The Kier molecular flexibility index (Phi) is 3.06. The van der Waals surface area contributed by atoms with E-state index in [2.05, 4.69) is 0 Å². The molecule has 1 fully saturated rings. The zero-order valence-electron chi connectivity index (χ0n) is 10.6. The van der Waals surface area contributed by atoms with Gasteiger partial charge >= 0.3 is 6.03 Å². The van der Waals surface area contributed by atoms with E-state index >= 15 is 0 Å². The number of carbonyl (C=O) groups excluding carboxylic acids is 2. The third kappa shape index (κ3) is 1.95. The average Bonchev–Trinajstić information content (AvgIpc) is 2.54. The van der Waals surface area contributed by atoms with Gasteiger partial charge in [-0.15, -0.1) is 0 Å². The normalized spacial score (nSPS) is 17.8. The number of likely N-dealkylation sites (N-methyl/N-ethyl adjacent to an activating group) is 1. The SMILES string of the molecule is CN(C)C=C1C(=O)N(c2ccccc2)C(=O)N1C. The highest BCUT2D eigenvalue weighted by molar-refractivity contribution is 6.26. The highest BCUT2D eigenvalue weighted by atomic mass is 16.2. The Labute approximate surface area is 106 Å². The molecule has 1 saturated heterocycles. The number of imide groups is 1. The van der Waals surface area contributed by atoms with Crippen LogP contribution in [0.2, 0.25) is 0 Å². The van der Waals surface area contributed by atoms with E-state index < -0.39 is 0 Å². The number of amides is 3. The predicted molar refractivity (Wildman–Crippen MR) is 68.9 cm³/mol. The fourth-order valence-corrected chi connectivity index (χ4v) is 1.79. The summed E-state index contributed by atoms with van der Waals surface area (Å²) in [7, 11) is 5.21. The van der Waals surface area contributed by atoms with Crippen LogP contribution in [0.25, 0.3) is 0 Å². The van der Waals surface area contributed by atoms with Crippen LogP contribution in [0.5, 0.6) is 0 Å². The van der Waals surface area contributed by atoms with Gasteiger partial charge in [-0.25, -0.2) is 9.69 Å². The first-order valence-electron chi connectivity index (χ1n) is 5.58. The van der Waals surface area contributed by atoms with E-state index in [1.165, 1.54) is 9.80 Å². The van der Waals surface area contributed by atoms with Crippen LogP contribution in [0, 0.1) is 0 Å². The van der Waals surface area contributed by atoms with E-state index in [0.29, 0.717) is 11.4 Å². The number of carbonyl (C=O) groups is 2. The molecule has 2 rings (SSSR count). The maximum Gasteiger partial charge on any atom is 0.336 e. The Morgan fingerprint density at radius 2 is 1.72 bits per heavy atom. The highest BCUT2D eigenvalue weighted by Crippen LogP contribution is 2.25. The summed E-state index contributed by atoms with van der Waals surface area (Å²) in [4.78, 5) is 28.6. The van der Waals surface area contributed by atoms with Crippen molar-refractivity contribution in [1.29, 1.82) is 0 Å². The van der Waals surface area contributed by atoms with Gasteiger partial charge in [0.1, 0.15) is 5.70 Å². The standard InChI is InChI=1S/C13H15N3O2/c1-14(2)9-11-12(17)16(13(18)15(11)3)10-7-5-4-6-8-10/h4-9H,1-3H3. The Morgan fingerprint density at radius 3 is 2.28 bits per heavy atom. The Balaban J connectivity index is 2.41. The minimum Gasteiger partial charge on any atom is -0.382 e. The summed E-state index contributed by atoms with van der Waals surface area (Å²) < 4.78 is 0. The van der Waals surface area contributed by atoms with Crippen LogP contribution in [0.15, 0.2) is 42.2 Å². The van der Waals surface area contributed by atoms with Crippen LogP contribution in [0.3, 0.4) is 0 Å². The van der Waals surface area contributed by atoms with Crippen molar-refractivity contribution in [2.75, 3.05) is 26.0 Å². The van der Waals surface area contributed by atoms with Gasteiger partial charge in [-0.3, -0.25) is 9.69 Å². The highest BCUT2D eigenvalue weighted by Gasteiger charge is 2.39. The Bertz CT molecular complexity index is 508. The molecule has 5 nitrogen and oxygen atoms in total. The summed E-state index contributed by atoms with van der Waals surface area (Å²) in [6.07, 6.45) is 1.64. The topological polar surface area (TPSA) is 43.9 Å². The third-order valence-electron chi connectivity index (χ3n) is 2.66. The molecule has 0 spiro atoms. The molecule has 5 heteroatoms. The molecule has 1 heterocycles. The zero-order valence-corrected chi connectivity index (χ0v) is 10.6. The zero-order chi connectivity index (χ0) is 13.3. The quantitative estimate of drug-likeness (QED) is 0.585. The van der Waals surface area contributed by atoms with Crippen molar-refractivity contribution in [2.24, 2.45) is 0 Å². The molecule has 0 aromatic heterocycles. The van der Waals surface area contributed by atoms with Crippen LogP contribution in [-0.4, -0.2) is 42.9 Å².